The van der Waals surface area contributed by atoms with Crippen molar-refractivity contribution in [3.05, 3.63) is 112 Å². The second-order valence-corrected chi connectivity index (χ2v) is 7.56. The predicted octanol–water partition coefficient (Wildman–Crippen LogP) is 6.52. The van der Waals surface area contributed by atoms with Crippen LogP contribution in [-0.4, -0.2) is 5.91 Å². The number of amides is 1. The van der Waals surface area contributed by atoms with Gasteiger partial charge < -0.3 is 4.42 Å². The molecule has 0 radical (unpaired) electrons. The van der Waals surface area contributed by atoms with E-state index in [1.54, 1.807) is 48.5 Å². The smallest absolute Gasteiger partial charge is 0.257 e. The number of hydrogen-bond donors (Lipinski definition) is 1. The first-order valence-corrected chi connectivity index (χ1v) is 10.1. The Hall–Kier alpha value is -3.89. The van der Waals surface area contributed by atoms with Crippen molar-refractivity contribution in [2.24, 2.45) is 0 Å². The summed E-state index contributed by atoms with van der Waals surface area (Å²) in [6, 6.07) is 27.0. The van der Waals surface area contributed by atoms with Crippen LogP contribution >= 0.6 is 11.6 Å². The molecule has 0 atom stereocenters. The Kier molecular flexibility index (Phi) is 4.77. The SMILES string of the molecule is O=C(Nc1oc2ccccc2c(=O)c1-c1cccc2ccccc12)c1ccc(Cl)cc1. The summed E-state index contributed by atoms with van der Waals surface area (Å²) in [5.74, 6) is -0.281. The predicted molar refractivity (Wildman–Crippen MR) is 125 cm³/mol. The van der Waals surface area contributed by atoms with E-state index < -0.39 is 5.91 Å². The molecule has 0 aliphatic heterocycles. The van der Waals surface area contributed by atoms with E-state index >= 15 is 0 Å². The minimum Gasteiger partial charge on any atom is -0.439 e. The van der Waals surface area contributed by atoms with Crippen molar-refractivity contribution in [3.8, 4) is 11.1 Å². The Bertz CT molecular complexity index is 1500. The van der Waals surface area contributed by atoms with Crippen molar-refractivity contribution in [1.29, 1.82) is 0 Å². The summed E-state index contributed by atoms with van der Waals surface area (Å²) in [6.45, 7) is 0. The number of halogens is 1. The van der Waals surface area contributed by atoms with Crippen molar-refractivity contribution in [1.82, 2.24) is 0 Å². The van der Waals surface area contributed by atoms with Gasteiger partial charge in [-0.1, -0.05) is 66.2 Å². The van der Waals surface area contributed by atoms with Gasteiger partial charge in [-0.2, -0.15) is 0 Å². The van der Waals surface area contributed by atoms with Crippen LogP contribution in [0.15, 0.2) is 100 Å². The van der Waals surface area contributed by atoms with Gasteiger partial charge in [0.15, 0.2) is 0 Å². The van der Waals surface area contributed by atoms with Gasteiger partial charge in [-0.15, -0.1) is 0 Å². The molecule has 5 heteroatoms. The van der Waals surface area contributed by atoms with E-state index in [-0.39, 0.29) is 11.3 Å². The second-order valence-electron chi connectivity index (χ2n) is 7.12. The van der Waals surface area contributed by atoms with Gasteiger partial charge in [0.1, 0.15) is 5.58 Å². The van der Waals surface area contributed by atoms with Gasteiger partial charge in [0, 0.05) is 10.6 Å². The molecule has 0 unspecified atom stereocenters. The second kappa shape index (κ2) is 7.74. The molecule has 0 bridgehead atoms. The van der Waals surface area contributed by atoms with E-state index in [1.807, 2.05) is 42.5 Å². The molecule has 150 valence electrons. The molecule has 0 aliphatic carbocycles. The van der Waals surface area contributed by atoms with Gasteiger partial charge in [-0.25, -0.2) is 0 Å². The molecule has 1 heterocycles. The zero-order valence-electron chi connectivity index (χ0n) is 16.3. The van der Waals surface area contributed by atoms with Crippen LogP contribution in [0.5, 0.6) is 0 Å². The maximum atomic E-state index is 13.5. The van der Waals surface area contributed by atoms with Crippen molar-refractivity contribution in [2.45, 2.75) is 0 Å². The Morgan fingerprint density at radius 3 is 2.26 bits per heavy atom. The lowest BCUT2D eigenvalue weighted by atomic mass is 9.97. The molecule has 0 aliphatic rings. The molecule has 31 heavy (non-hydrogen) atoms. The van der Waals surface area contributed by atoms with E-state index in [9.17, 15) is 9.59 Å². The number of benzene rings is 4. The summed E-state index contributed by atoms with van der Waals surface area (Å²) < 4.78 is 6.03. The van der Waals surface area contributed by atoms with E-state index in [0.717, 1.165) is 10.8 Å². The summed E-state index contributed by atoms with van der Waals surface area (Å²) in [4.78, 5) is 26.4. The van der Waals surface area contributed by atoms with Crippen LogP contribution in [0.4, 0.5) is 5.88 Å². The summed E-state index contributed by atoms with van der Waals surface area (Å²) in [6.07, 6.45) is 0. The molecule has 5 aromatic rings. The molecule has 1 aromatic heterocycles. The average molecular weight is 426 g/mol. The lowest BCUT2D eigenvalue weighted by molar-refractivity contribution is 0.102. The Labute approximate surface area is 182 Å². The van der Waals surface area contributed by atoms with Gasteiger partial charge in [0.2, 0.25) is 11.3 Å². The van der Waals surface area contributed by atoms with Crippen LogP contribution < -0.4 is 10.7 Å². The van der Waals surface area contributed by atoms with E-state index in [1.165, 1.54) is 0 Å². The highest BCUT2D eigenvalue weighted by Crippen LogP contribution is 2.33. The number of para-hydroxylation sites is 1. The fourth-order valence-corrected chi connectivity index (χ4v) is 3.82. The van der Waals surface area contributed by atoms with E-state index in [4.69, 9.17) is 16.0 Å². The molecule has 4 nitrogen and oxygen atoms in total. The number of carbonyl (C=O) groups excluding carboxylic acids is 1. The molecule has 4 aromatic carbocycles. The molecular weight excluding hydrogens is 410 g/mol. The monoisotopic (exact) mass is 425 g/mol. The van der Waals surface area contributed by atoms with Crippen molar-refractivity contribution >= 4 is 45.1 Å². The maximum Gasteiger partial charge on any atom is 0.257 e. The van der Waals surface area contributed by atoms with E-state index in [2.05, 4.69) is 5.32 Å². The first kappa shape index (κ1) is 19.1. The number of anilines is 1. The Balaban J connectivity index is 1.75. The Morgan fingerprint density at radius 2 is 1.45 bits per heavy atom. The normalized spacial score (nSPS) is 11.0. The Morgan fingerprint density at radius 1 is 0.774 bits per heavy atom. The van der Waals surface area contributed by atoms with Crippen LogP contribution in [0, 0.1) is 0 Å². The third-order valence-electron chi connectivity index (χ3n) is 5.19. The highest BCUT2D eigenvalue weighted by atomic mass is 35.5. The summed E-state index contributed by atoms with van der Waals surface area (Å²) in [5.41, 5.74) is 1.62. The summed E-state index contributed by atoms with van der Waals surface area (Å²) in [5, 5.41) is 5.67. The molecule has 0 saturated carbocycles. The molecule has 5 rings (SSSR count). The van der Waals surface area contributed by atoms with Crippen LogP contribution in [-0.2, 0) is 0 Å². The topological polar surface area (TPSA) is 59.3 Å². The fraction of sp³-hybridized carbons (Fsp3) is 0. The maximum absolute atomic E-state index is 13.5. The fourth-order valence-electron chi connectivity index (χ4n) is 3.69. The number of rotatable bonds is 3. The highest BCUT2D eigenvalue weighted by Gasteiger charge is 2.20. The van der Waals surface area contributed by atoms with Gasteiger partial charge in [-0.05, 0) is 52.7 Å². The molecule has 0 spiro atoms. The number of hydrogen-bond acceptors (Lipinski definition) is 3. The third kappa shape index (κ3) is 3.47. The number of carbonyl (C=O) groups is 1. The highest BCUT2D eigenvalue weighted by molar-refractivity contribution is 6.30. The van der Waals surface area contributed by atoms with Gasteiger partial charge >= 0.3 is 0 Å². The molecular formula is C26H16ClNO3. The zero-order valence-corrected chi connectivity index (χ0v) is 17.0. The number of fused-ring (bicyclic) bond motifs is 2. The van der Waals surface area contributed by atoms with Crippen LogP contribution in [0.3, 0.4) is 0 Å². The molecule has 0 saturated heterocycles. The minimum absolute atomic E-state index is 0.111. The number of nitrogens with one attached hydrogen (secondary N) is 1. The first-order valence-electron chi connectivity index (χ1n) is 9.73. The lowest BCUT2D eigenvalue weighted by Gasteiger charge is -2.13. The lowest BCUT2D eigenvalue weighted by Crippen LogP contribution is -2.16. The van der Waals surface area contributed by atoms with Crippen molar-refractivity contribution < 1.29 is 9.21 Å². The summed E-state index contributed by atoms with van der Waals surface area (Å²) >= 11 is 5.93. The van der Waals surface area contributed by atoms with Crippen LogP contribution in [0.1, 0.15) is 10.4 Å². The van der Waals surface area contributed by atoms with Crippen molar-refractivity contribution in [3.63, 3.8) is 0 Å². The summed E-state index contributed by atoms with van der Waals surface area (Å²) in [7, 11) is 0. The van der Waals surface area contributed by atoms with Gasteiger partial charge in [-0.3, -0.25) is 14.9 Å². The largest absolute Gasteiger partial charge is 0.439 e. The average Bonchev–Trinajstić information content (AvgIpc) is 2.79. The van der Waals surface area contributed by atoms with Gasteiger partial charge in [0.25, 0.3) is 5.91 Å². The van der Waals surface area contributed by atoms with Crippen molar-refractivity contribution in [2.75, 3.05) is 5.32 Å². The van der Waals surface area contributed by atoms with Gasteiger partial charge in [0.05, 0.1) is 10.9 Å². The third-order valence-corrected chi connectivity index (χ3v) is 5.44. The molecule has 1 N–H and O–H groups in total. The quantitative estimate of drug-likeness (QED) is 0.358. The van der Waals surface area contributed by atoms with Crippen LogP contribution in [0.2, 0.25) is 5.02 Å². The van der Waals surface area contributed by atoms with E-state index in [0.29, 0.717) is 32.7 Å². The first-order chi connectivity index (χ1) is 15.1. The van der Waals surface area contributed by atoms with Crippen LogP contribution in [0.25, 0.3) is 32.9 Å². The molecule has 0 fully saturated rings. The molecule has 1 amide bonds. The minimum atomic E-state index is -0.392. The standard InChI is InChI=1S/C26H16ClNO3/c27-18-14-12-17(13-15-18)25(30)28-26-23(24(29)21-9-3-4-11-22(21)31-26)20-10-5-7-16-6-1-2-8-19(16)20/h1-15H,(H,28,30). The zero-order chi connectivity index (χ0) is 21.4.